The van der Waals surface area contributed by atoms with E-state index in [0.29, 0.717) is 41.2 Å². The molecule has 4 rings (SSSR count). The SMILES string of the molecule is CC1(C)CC(=O)c2cc(C(=O)NC(CO)Cc3ccccc3)c(=O)n(-c3ccc(Cl)cc3)c2C1. The first-order valence-electron chi connectivity index (χ1n) is 11.2. The van der Waals surface area contributed by atoms with E-state index < -0.39 is 17.5 Å². The molecule has 3 aromatic rings. The Morgan fingerprint density at radius 3 is 2.41 bits per heavy atom. The Labute approximate surface area is 203 Å². The number of hydrogen-bond acceptors (Lipinski definition) is 4. The molecule has 1 unspecified atom stereocenters. The van der Waals surface area contributed by atoms with Gasteiger partial charge in [0.2, 0.25) is 0 Å². The number of rotatable bonds is 6. The summed E-state index contributed by atoms with van der Waals surface area (Å²) in [5.41, 5.74) is 1.49. The number of benzene rings is 2. The van der Waals surface area contributed by atoms with E-state index in [2.05, 4.69) is 5.32 Å². The minimum Gasteiger partial charge on any atom is -0.394 e. The smallest absolute Gasteiger partial charge is 0.268 e. The number of pyridine rings is 1. The Bertz CT molecular complexity index is 1280. The Morgan fingerprint density at radius 2 is 1.76 bits per heavy atom. The van der Waals surface area contributed by atoms with Gasteiger partial charge in [-0.3, -0.25) is 19.0 Å². The van der Waals surface area contributed by atoms with Crippen molar-refractivity contribution in [3.8, 4) is 5.69 Å². The van der Waals surface area contributed by atoms with Gasteiger partial charge in [-0.05, 0) is 54.2 Å². The number of nitrogens with one attached hydrogen (secondary N) is 1. The van der Waals surface area contributed by atoms with Gasteiger partial charge < -0.3 is 10.4 Å². The molecule has 2 N–H and O–H groups in total. The molecule has 0 spiro atoms. The third-order valence-corrected chi connectivity index (χ3v) is 6.35. The predicted molar refractivity (Wildman–Crippen MR) is 132 cm³/mol. The maximum absolute atomic E-state index is 13.6. The molecule has 2 aromatic carbocycles. The number of aromatic nitrogens is 1. The summed E-state index contributed by atoms with van der Waals surface area (Å²) in [4.78, 5) is 39.9. The van der Waals surface area contributed by atoms with Crippen LogP contribution in [-0.4, -0.2) is 34.0 Å². The minimum atomic E-state index is -0.622. The van der Waals surface area contributed by atoms with Crippen LogP contribution in [0.1, 0.15) is 52.2 Å². The highest BCUT2D eigenvalue weighted by molar-refractivity contribution is 6.30. The fourth-order valence-corrected chi connectivity index (χ4v) is 4.59. The van der Waals surface area contributed by atoms with Crippen LogP contribution >= 0.6 is 11.6 Å². The molecule has 1 aliphatic rings. The molecule has 1 aliphatic carbocycles. The number of aliphatic hydroxyl groups is 1. The Kier molecular flexibility index (Phi) is 6.73. The molecule has 0 saturated carbocycles. The van der Waals surface area contributed by atoms with Crippen LogP contribution in [0.15, 0.2) is 65.5 Å². The standard InChI is InChI=1S/C27H27ClN2O4/c1-27(2)14-23-21(24(32)15-27)13-22(26(34)30(23)20-10-8-18(28)9-11-20)25(33)29-19(16-31)12-17-6-4-3-5-7-17/h3-11,13,19,31H,12,14-16H2,1-2H3,(H,29,33). The van der Waals surface area contributed by atoms with E-state index in [-0.39, 0.29) is 23.4 Å². The third-order valence-electron chi connectivity index (χ3n) is 6.10. The van der Waals surface area contributed by atoms with Gasteiger partial charge in [0.1, 0.15) is 5.56 Å². The summed E-state index contributed by atoms with van der Waals surface area (Å²) >= 11 is 6.04. The van der Waals surface area contributed by atoms with Gasteiger partial charge in [-0.15, -0.1) is 0 Å². The molecule has 0 fully saturated rings. The highest BCUT2D eigenvalue weighted by atomic mass is 35.5. The van der Waals surface area contributed by atoms with E-state index in [1.54, 1.807) is 24.3 Å². The van der Waals surface area contributed by atoms with Crippen LogP contribution in [0.4, 0.5) is 0 Å². The lowest BCUT2D eigenvalue weighted by Crippen LogP contribution is -2.43. The zero-order valence-electron chi connectivity index (χ0n) is 19.2. The van der Waals surface area contributed by atoms with E-state index in [1.807, 2.05) is 44.2 Å². The first kappa shape index (κ1) is 23.9. The first-order chi connectivity index (χ1) is 16.2. The normalized spacial score (nSPS) is 15.5. The van der Waals surface area contributed by atoms with Crippen molar-refractivity contribution >= 4 is 23.3 Å². The second-order valence-corrected chi connectivity index (χ2v) is 9.96. The van der Waals surface area contributed by atoms with Crippen LogP contribution in [0.25, 0.3) is 5.69 Å². The number of hydrogen-bond donors (Lipinski definition) is 2. The Hall–Kier alpha value is -3.22. The van der Waals surface area contributed by atoms with Crippen molar-refractivity contribution in [1.82, 2.24) is 9.88 Å². The van der Waals surface area contributed by atoms with Crippen molar-refractivity contribution < 1.29 is 14.7 Å². The second kappa shape index (κ2) is 9.57. The van der Waals surface area contributed by atoms with Crippen LogP contribution in [-0.2, 0) is 12.8 Å². The number of ketones is 1. The monoisotopic (exact) mass is 478 g/mol. The highest BCUT2D eigenvalue weighted by Gasteiger charge is 2.35. The zero-order chi connectivity index (χ0) is 24.5. The van der Waals surface area contributed by atoms with Crippen molar-refractivity contribution in [1.29, 1.82) is 0 Å². The fraction of sp³-hybridized carbons (Fsp3) is 0.296. The van der Waals surface area contributed by atoms with Gasteiger partial charge >= 0.3 is 0 Å². The van der Waals surface area contributed by atoms with Crippen LogP contribution < -0.4 is 10.9 Å². The number of nitrogens with zero attached hydrogens (tertiary/aromatic N) is 1. The van der Waals surface area contributed by atoms with Crippen molar-refractivity contribution in [2.45, 2.75) is 39.2 Å². The molecule has 0 aliphatic heterocycles. The number of halogens is 1. The topological polar surface area (TPSA) is 88.4 Å². The van der Waals surface area contributed by atoms with Gasteiger partial charge in [-0.25, -0.2) is 0 Å². The highest BCUT2D eigenvalue weighted by Crippen LogP contribution is 2.35. The lowest BCUT2D eigenvalue weighted by molar-refractivity contribution is 0.0907. The summed E-state index contributed by atoms with van der Waals surface area (Å²) < 4.78 is 1.45. The molecule has 0 saturated heterocycles. The van der Waals surface area contributed by atoms with Gasteiger partial charge in [-0.2, -0.15) is 0 Å². The third kappa shape index (κ3) is 4.98. The number of amides is 1. The molecular weight excluding hydrogens is 452 g/mol. The van der Waals surface area contributed by atoms with Gasteiger partial charge in [-0.1, -0.05) is 55.8 Å². The average molecular weight is 479 g/mol. The van der Waals surface area contributed by atoms with Crippen molar-refractivity contribution in [2.24, 2.45) is 5.41 Å². The van der Waals surface area contributed by atoms with E-state index in [4.69, 9.17) is 11.6 Å². The number of aliphatic hydroxyl groups excluding tert-OH is 1. The van der Waals surface area contributed by atoms with E-state index in [9.17, 15) is 19.5 Å². The van der Waals surface area contributed by atoms with Crippen molar-refractivity contribution in [3.63, 3.8) is 0 Å². The van der Waals surface area contributed by atoms with Crippen LogP contribution in [0, 0.1) is 5.41 Å². The number of carbonyl (C=O) groups excluding carboxylic acids is 2. The minimum absolute atomic E-state index is 0.106. The van der Waals surface area contributed by atoms with Crippen molar-refractivity contribution in [2.75, 3.05) is 6.61 Å². The molecular formula is C27H27ClN2O4. The molecule has 34 heavy (non-hydrogen) atoms. The van der Waals surface area contributed by atoms with Gasteiger partial charge in [0.15, 0.2) is 5.78 Å². The maximum atomic E-state index is 13.6. The molecule has 1 amide bonds. The van der Waals surface area contributed by atoms with Crippen LogP contribution in [0.5, 0.6) is 0 Å². The number of fused-ring (bicyclic) bond motifs is 1. The summed E-state index contributed by atoms with van der Waals surface area (Å²) in [6.07, 6.45) is 1.25. The molecule has 7 heteroatoms. The van der Waals surface area contributed by atoms with E-state index in [0.717, 1.165) is 5.56 Å². The maximum Gasteiger partial charge on any atom is 0.268 e. The zero-order valence-corrected chi connectivity index (χ0v) is 19.9. The molecule has 1 heterocycles. The molecule has 6 nitrogen and oxygen atoms in total. The number of carbonyl (C=O) groups is 2. The lowest BCUT2D eigenvalue weighted by Gasteiger charge is -2.32. The molecule has 176 valence electrons. The first-order valence-corrected chi connectivity index (χ1v) is 11.6. The van der Waals surface area contributed by atoms with Gasteiger partial charge in [0.25, 0.3) is 11.5 Å². The lowest BCUT2D eigenvalue weighted by atomic mass is 9.75. The van der Waals surface area contributed by atoms with Gasteiger partial charge in [0, 0.05) is 28.4 Å². The second-order valence-electron chi connectivity index (χ2n) is 9.52. The molecule has 1 atom stereocenters. The Balaban J connectivity index is 1.77. The van der Waals surface area contributed by atoms with Crippen LogP contribution in [0.3, 0.4) is 0 Å². The van der Waals surface area contributed by atoms with E-state index >= 15 is 0 Å². The quantitative estimate of drug-likeness (QED) is 0.561. The van der Waals surface area contributed by atoms with Crippen molar-refractivity contribution in [3.05, 3.63) is 98.4 Å². The summed E-state index contributed by atoms with van der Waals surface area (Å²) in [7, 11) is 0. The number of Topliss-reactive ketones (excluding diaryl/α,β-unsaturated/α-hetero) is 1. The summed E-state index contributed by atoms with van der Waals surface area (Å²) in [5, 5.41) is 13.1. The average Bonchev–Trinajstić information content (AvgIpc) is 2.79. The molecule has 0 radical (unpaired) electrons. The van der Waals surface area contributed by atoms with Gasteiger partial charge in [0.05, 0.1) is 12.6 Å². The fourth-order valence-electron chi connectivity index (χ4n) is 4.46. The summed E-state index contributed by atoms with van der Waals surface area (Å²) in [5.74, 6) is -0.728. The summed E-state index contributed by atoms with van der Waals surface area (Å²) in [6, 6.07) is 17.0. The predicted octanol–water partition coefficient (Wildman–Crippen LogP) is 3.98. The Morgan fingerprint density at radius 1 is 1.09 bits per heavy atom. The van der Waals surface area contributed by atoms with Crippen LogP contribution in [0.2, 0.25) is 5.02 Å². The molecule has 0 bridgehead atoms. The van der Waals surface area contributed by atoms with E-state index in [1.165, 1.54) is 10.6 Å². The summed E-state index contributed by atoms with van der Waals surface area (Å²) in [6.45, 7) is 3.69. The largest absolute Gasteiger partial charge is 0.394 e. The molecule has 1 aromatic heterocycles.